The standard InChI is InChI=1S/C9H16N2O3S/c1-7(2)6-11-15(12,13)9-4-3-8(5-10)14-9/h3-4,7,11H,5-6,10H2,1-2H3. The summed E-state index contributed by atoms with van der Waals surface area (Å²) in [4.78, 5) is 0. The Kier molecular flexibility index (Phi) is 3.90. The van der Waals surface area contributed by atoms with Gasteiger partial charge < -0.3 is 10.2 Å². The Bertz CT molecular complexity index is 409. The van der Waals surface area contributed by atoms with Crippen molar-refractivity contribution in [3.8, 4) is 0 Å². The molecule has 1 rings (SSSR count). The zero-order chi connectivity index (χ0) is 11.5. The fraction of sp³-hybridized carbons (Fsp3) is 0.556. The molecule has 0 aliphatic carbocycles. The normalized spacial score (nSPS) is 12.3. The van der Waals surface area contributed by atoms with Gasteiger partial charge in [-0.05, 0) is 18.1 Å². The summed E-state index contributed by atoms with van der Waals surface area (Å²) in [5, 5.41) is -0.0800. The predicted octanol–water partition coefficient (Wildman–Crippen LogP) is 0.673. The van der Waals surface area contributed by atoms with E-state index < -0.39 is 10.0 Å². The Morgan fingerprint density at radius 1 is 1.47 bits per heavy atom. The predicted molar refractivity (Wildman–Crippen MR) is 56.6 cm³/mol. The average molecular weight is 232 g/mol. The number of nitrogens with two attached hydrogens (primary N) is 1. The molecule has 0 aliphatic rings. The smallest absolute Gasteiger partial charge is 0.273 e. The number of rotatable bonds is 5. The second-order valence-corrected chi connectivity index (χ2v) is 5.37. The molecule has 0 saturated heterocycles. The summed E-state index contributed by atoms with van der Waals surface area (Å²) in [6, 6.07) is 2.97. The molecule has 0 fully saturated rings. The highest BCUT2D eigenvalue weighted by atomic mass is 32.2. The van der Waals surface area contributed by atoms with E-state index in [-0.39, 0.29) is 17.6 Å². The summed E-state index contributed by atoms with van der Waals surface area (Å²) >= 11 is 0. The molecule has 5 nitrogen and oxygen atoms in total. The third-order valence-electron chi connectivity index (χ3n) is 1.78. The third-order valence-corrected chi connectivity index (χ3v) is 3.08. The Hall–Kier alpha value is -0.850. The lowest BCUT2D eigenvalue weighted by Crippen LogP contribution is -2.27. The maximum atomic E-state index is 11.6. The van der Waals surface area contributed by atoms with Crippen molar-refractivity contribution in [1.82, 2.24) is 4.72 Å². The SMILES string of the molecule is CC(C)CNS(=O)(=O)c1ccc(CN)o1. The molecule has 1 aromatic rings. The van der Waals surface area contributed by atoms with Crippen molar-refractivity contribution in [3.63, 3.8) is 0 Å². The maximum absolute atomic E-state index is 11.6. The van der Waals surface area contributed by atoms with Gasteiger partial charge in [0.1, 0.15) is 5.76 Å². The van der Waals surface area contributed by atoms with Gasteiger partial charge in [0.25, 0.3) is 10.0 Å². The third kappa shape index (κ3) is 3.33. The van der Waals surface area contributed by atoms with Crippen molar-refractivity contribution in [2.45, 2.75) is 25.5 Å². The van der Waals surface area contributed by atoms with E-state index in [9.17, 15) is 8.42 Å². The highest BCUT2D eigenvalue weighted by Crippen LogP contribution is 2.13. The van der Waals surface area contributed by atoms with Crippen LogP contribution >= 0.6 is 0 Å². The first-order chi connectivity index (χ1) is 6.95. The van der Waals surface area contributed by atoms with E-state index >= 15 is 0 Å². The fourth-order valence-corrected chi connectivity index (χ4v) is 2.12. The minimum Gasteiger partial charge on any atom is -0.447 e. The first kappa shape index (κ1) is 12.2. The monoisotopic (exact) mass is 232 g/mol. The van der Waals surface area contributed by atoms with Gasteiger partial charge in [0, 0.05) is 6.54 Å². The molecule has 0 spiro atoms. The first-order valence-corrected chi connectivity index (χ1v) is 6.22. The van der Waals surface area contributed by atoms with E-state index in [1.807, 2.05) is 13.8 Å². The zero-order valence-electron chi connectivity index (χ0n) is 8.86. The van der Waals surface area contributed by atoms with E-state index in [4.69, 9.17) is 10.2 Å². The number of sulfonamides is 1. The highest BCUT2D eigenvalue weighted by Gasteiger charge is 2.18. The molecule has 0 radical (unpaired) electrons. The zero-order valence-corrected chi connectivity index (χ0v) is 9.67. The molecular formula is C9H16N2O3S. The summed E-state index contributed by atoms with van der Waals surface area (Å²) in [7, 11) is -3.52. The Morgan fingerprint density at radius 2 is 2.13 bits per heavy atom. The second kappa shape index (κ2) is 4.78. The molecule has 0 bridgehead atoms. The van der Waals surface area contributed by atoms with Gasteiger partial charge in [-0.25, -0.2) is 13.1 Å². The van der Waals surface area contributed by atoms with Crippen molar-refractivity contribution in [2.24, 2.45) is 11.7 Å². The van der Waals surface area contributed by atoms with E-state index in [2.05, 4.69) is 4.72 Å². The summed E-state index contributed by atoms with van der Waals surface area (Å²) < 4.78 is 30.7. The summed E-state index contributed by atoms with van der Waals surface area (Å²) in [6.07, 6.45) is 0. The molecule has 1 heterocycles. The van der Waals surface area contributed by atoms with Crippen LogP contribution in [0.3, 0.4) is 0 Å². The van der Waals surface area contributed by atoms with Crippen LogP contribution in [0.25, 0.3) is 0 Å². The molecule has 1 aromatic heterocycles. The van der Waals surface area contributed by atoms with Crippen LogP contribution in [0.4, 0.5) is 0 Å². The maximum Gasteiger partial charge on any atom is 0.273 e. The van der Waals surface area contributed by atoms with Gasteiger partial charge in [0.05, 0.1) is 6.54 Å². The molecule has 6 heteroatoms. The van der Waals surface area contributed by atoms with E-state index in [1.54, 1.807) is 6.07 Å². The lowest BCUT2D eigenvalue weighted by molar-refractivity contribution is 0.411. The van der Waals surface area contributed by atoms with Gasteiger partial charge in [0.15, 0.2) is 0 Å². The highest BCUT2D eigenvalue weighted by molar-refractivity contribution is 7.89. The molecule has 0 unspecified atom stereocenters. The minimum absolute atomic E-state index is 0.0800. The van der Waals surface area contributed by atoms with Crippen LogP contribution in [0.1, 0.15) is 19.6 Å². The summed E-state index contributed by atoms with van der Waals surface area (Å²) in [5.74, 6) is 0.712. The van der Waals surface area contributed by atoms with Crippen LogP contribution in [0.15, 0.2) is 21.6 Å². The Morgan fingerprint density at radius 3 is 2.60 bits per heavy atom. The minimum atomic E-state index is -3.52. The first-order valence-electron chi connectivity index (χ1n) is 4.74. The van der Waals surface area contributed by atoms with Crippen LogP contribution in [0.5, 0.6) is 0 Å². The molecule has 0 aliphatic heterocycles. The average Bonchev–Trinajstić information content (AvgIpc) is 2.63. The number of furan rings is 1. The molecule has 86 valence electrons. The van der Waals surface area contributed by atoms with Crippen molar-refractivity contribution in [3.05, 3.63) is 17.9 Å². The number of nitrogens with one attached hydrogen (secondary N) is 1. The number of hydrogen-bond donors (Lipinski definition) is 2. The Labute approximate surface area is 89.7 Å². The van der Waals surface area contributed by atoms with Gasteiger partial charge in [0.2, 0.25) is 5.09 Å². The molecule has 3 N–H and O–H groups in total. The van der Waals surface area contributed by atoms with Gasteiger partial charge in [-0.1, -0.05) is 13.8 Å². The largest absolute Gasteiger partial charge is 0.447 e. The molecule has 0 amide bonds. The quantitative estimate of drug-likeness (QED) is 0.781. The van der Waals surface area contributed by atoms with Crippen LogP contribution in [-0.4, -0.2) is 15.0 Å². The van der Waals surface area contributed by atoms with Crippen LogP contribution in [0, 0.1) is 5.92 Å². The van der Waals surface area contributed by atoms with Crippen molar-refractivity contribution in [1.29, 1.82) is 0 Å². The van der Waals surface area contributed by atoms with Crippen LogP contribution in [-0.2, 0) is 16.6 Å². The summed E-state index contributed by atoms with van der Waals surface area (Å²) in [6.45, 7) is 4.44. The van der Waals surface area contributed by atoms with Crippen molar-refractivity contribution >= 4 is 10.0 Å². The molecule has 0 aromatic carbocycles. The lowest BCUT2D eigenvalue weighted by atomic mass is 10.2. The van der Waals surface area contributed by atoms with E-state index in [0.717, 1.165) is 0 Å². The molecule has 0 saturated carbocycles. The molecular weight excluding hydrogens is 216 g/mol. The molecule has 0 atom stereocenters. The van der Waals surface area contributed by atoms with Gasteiger partial charge >= 0.3 is 0 Å². The topological polar surface area (TPSA) is 85.3 Å². The fourth-order valence-electron chi connectivity index (χ4n) is 0.960. The van der Waals surface area contributed by atoms with Crippen molar-refractivity contribution in [2.75, 3.05) is 6.54 Å². The van der Waals surface area contributed by atoms with Gasteiger partial charge in [-0.15, -0.1) is 0 Å². The molecule has 15 heavy (non-hydrogen) atoms. The second-order valence-electron chi connectivity index (χ2n) is 3.67. The summed E-state index contributed by atoms with van der Waals surface area (Å²) in [5.41, 5.74) is 5.32. The van der Waals surface area contributed by atoms with E-state index in [0.29, 0.717) is 12.3 Å². The lowest BCUT2D eigenvalue weighted by Gasteiger charge is -2.06. The van der Waals surface area contributed by atoms with E-state index in [1.165, 1.54) is 6.07 Å². The van der Waals surface area contributed by atoms with Crippen LogP contribution < -0.4 is 10.5 Å². The number of hydrogen-bond acceptors (Lipinski definition) is 4. The van der Waals surface area contributed by atoms with Gasteiger partial charge in [-0.3, -0.25) is 0 Å². The Balaban J connectivity index is 2.77. The van der Waals surface area contributed by atoms with Crippen LogP contribution in [0.2, 0.25) is 0 Å². The van der Waals surface area contributed by atoms with Crippen molar-refractivity contribution < 1.29 is 12.8 Å². The van der Waals surface area contributed by atoms with Gasteiger partial charge in [-0.2, -0.15) is 0 Å².